The predicted octanol–water partition coefficient (Wildman–Crippen LogP) is 5.64. The molecule has 4 aliphatic carbocycles. The minimum atomic E-state index is 0.260. The van der Waals surface area contributed by atoms with Gasteiger partial charge in [-0.2, -0.15) is 0 Å². The van der Waals surface area contributed by atoms with Crippen LogP contribution in [0.5, 0.6) is 0 Å². The molecule has 31 heavy (non-hydrogen) atoms. The second kappa shape index (κ2) is 9.10. The maximum Gasteiger partial charge on any atom is 0.220 e. The molecule has 3 N–H and O–H groups in total. The molecule has 1 aromatic carbocycles. The van der Waals surface area contributed by atoms with Gasteiger partial charge in [0, 0.05) is 18.5 Å². The first-order chi connectivity index (χ1) is 15.1. The van der Waals surface area contributed by atoms with E-state index in [1.807, 2.05) is 0 Å². The first-order valence-corrected chi connectivity index (χ1v) is 12.9. The fraction of sp³-hybridized carbons (Fsp3) is 0.679. The van der Waals surface area contributed by atoms with Crippen LogP contribution in [0.25, 0.3) is 0 Å². The van der Waals surface area contributed by atoms with Crippen molar-refractivity contribution in [3.8, 4) is 0 Å². The molecule has 0 saturated heterocycles. The molecular formula is C28H40N2O. The minimum absolute atomic E-state index is 0.260. The number of carbonyl (C=O) groups is 1. The first-order valence-electron chi connectivity index (χ1n) is 12.9. The Labute approximate surface area is 188 Å². The van der Waals surface area contributed by atoms with Crippen molar-refractivity contribution in [1.29, 1.82) is 0 Å². The third kappa shape index (κ3) is 4.92. The lowest BCUT2D eigenvalue weighted by Gasteiger charge is -2.50. The zero-order valence-electron chi connectivity index (χ0n) is 19.0. The second-order valence-corrected chi connectivity index (χ2v) is 11.1. The van der Waals surface area contributed by atoms with Gasteiger partial charge in [-0.3, -0.25) is 4.79 Å². The molecule has 3 heteroatoms. The van der Waals surface area contributed by atoms with Crippen LogP contribution in [0, 0.1) is 17.8 Å². The molecule has 4 saturated carbocycles. The molecule has 2 bridgehead atoms. The highest BCUT2D eigenvalue weighted by Crippen LogP contribution is 2.56. The average Bonchev–Trinajstić information content (AvgIpc) is 3.61. The van der Waals surface area contributed by atoms with Crippen LogP contribution < -0.4 is 11.1 Å². The molecule has 168 valence electrons. The van der Waals surface area contributed by atoms with Gasteiger partial charge in [-0.15, -0.1) is 0 Å². The zero-order valence-corrected chi connectivity index (χ0v) is 19.0. The van der Waals surface area contributed by atoms with Crippen molar-refractivity contribution in [2.45, 2.75) is 101 Å². The predicted molar refractivity (Wildman–Crippen MR) is 127 cm³/mol. The fourth-order valence-electron chi connectivity index (χ4n) is 6.87. The molecule has 3 atom stereocenters. The number of allylic oxidation sites excluding steroid dienone is 2. The molecule has 5 rings (SSSR count). The number of hydrogen-bond donors (Lipinski definition) is 2. The lowest BCUT2D eigenvalue weighted by Crippen LogP contribution is -2.43. The number of amides is 1. The summed E-state index contributed by atoms with van der Waals surface area (Å²) in [5, 5.41) is 3.32. The van der Waals surface area contributed by atoms with Gasteiger partial charge in [0.2, 0.25) is 5.91 Å². The Balaban J connectivity index is 1.28. The van der Waals surface area contributed by atoms with Crippen LogP contribution in [0.1, 0.15) is 89.0 Å². The van der Waals surface area contributed by atoms with Gasteiger partial charge in [-0.1, -0.05) is 48.4 Å². The summed E-state index contributed by atoms with van der Waals surface area (Å²) in [6, 6.07) is 11.9. The molecule has 0 aliphatic heterocycles. The Kier molecular flexibility index (Phi) is 6.23. The number of benzene rings is 1. The molecule has 0 aromatic heterocycles. The highest BCUT2D eigenvalue weighted by atomic mass is 16.1. The summed E-state index contributed by atoms with van der Waals surface area (Å²) in [5.41, 5.74) is 9.62. The summed E-state index contributed by atoms with van der Waals surface area (Å²) in [6.07, 6.45) is 17.8. The van der Waals surface area contributed by atoms with Crippen molar-refractivity contribution < 1.29 is 4.79 Å². The fourth-order valence-corrected chi connectivity index (χ4v) is 6.87. The molecule has 0 radical (unpaired) electrons. The third-order valence-corrected chi connectivity index (χ3v) is 8.72. The zero-order chi connectivity index (χ0) is 21.3. The number of carbonyl (C=O) groups excluding carboxylic acids is 1. The van der Waals surface area contributed by atoms with Crippen molar-refractivity contribution >= 4 is 5.91 Å². The Morgan fingerprint density at radius 3 is 2.55 bits per heavy atom. The number of nitrogens with one attached hydrogen (secondary N) is 1. The van der Waals surface area contributed by atoms with E-state index < -0.39 is 0 Å². The smallest absolute Gasteiger partial charge is 0.220 e. The van der Waals surface area contributed by atoms with E-state index in [0.29, 0.717) is 29.8 Å². The molecular weight excluding hydrogens is 380 g/mol. The van der Waals surface area contributed by atoms with Crippen LogP contribution in [0.3, 0.4) is 0 Å². The SMILES string of the molecule is N[C@H]1CC[C@H](NC(=O)CCC2CC3(c4ccccc4)CCCC(C3)/C2=C\C2CC2)CC1. The van der Waals surface area contributed by atoms with Crippen molar-refractivity contribution in [2.24, 2.45) is 23.5 Å². The topological polar surface area (TPSA) is 55.1 Å². The maximum absolute atomic E-state index is 12.8. The summed E-state index contributed by atoms with van der Waals surface area (Å²) < 4.78 is 0. The van der Waals surface area contributed by atoms with Gasteiger partial charge < -0.3 is 11.1 Å². The van der Waals surface area contributed by atoms with Crippen LogP contribution in [-0.2, 0) is 10.2 Å². The molecule has 4 fully saturated rings. The highest BCUT2D eigenvalue weighted by Gasteiger charge is 2.46. The Bertz CT molecular complexity index is 790. The Morgan fingerprint density at radius 2 is 1.81 bits per heavy atom. The highest BCUT2D eigenvalue weighted by molar-refractivity contribution is 5.76. The van der Waals surface area contributed by atoms with E-state index >= 15 is 0 Å². The van der Waals surface area contributed by atoms with E-state index in [1.165, 1.54) is 50.5 Å². The number of rotatable bonds is 6. The molecule has 4 aliphatic rings. The monoisotopic (exact) mass is 420 g/mol. The van der Waals surface area contributed by atoms with Crippen molar-refractivity contribution in [2.75, 3.05) is 0 Å². The summed E-state index contributed by atoms with van der Waals surface area (Å²) in [7, 11) is 0. The standard InChI is InChI=1S/C28H40N2O/c29-24-11-13-25(14-12-24)30-27(31)15-10-22-19-28(23-6-2-1-3-7-23)16-4-5-21(18-28)26(22)17-20-8-9-20/h1-3,6-7,17,20-22,24-25H,4-5,8-16,18-19,29H2,(H,30,31)/b26-17+/t21?,22?,24-,25-,28?. The third-order valence-electron chi connectivity index (χ3n) is 8.72. The summed E-state index contributed by atoms with van der Waals surface area (Å²) in [4.78, 5) is 12.8. The van der Waals surface area contributed by atoms with Crippen LogP contribution >= 0.6 is 0 Å². The van der Waals surface area contributed by atoms with E-state index in [9.17, 15) is 4.79 Å². The van der Waals surface area contributed by atoms with Crippen molar-refractivity contribution in [3.63, 3.8) is 0 Å². The summed E-state index contributed by atoms with van der Waals surface area (Å²) in [6.45, 7) is 0. The minimum Gasteiger partial charge on any atom is -0.353 e. The van der Waals surface area contributed by atoms with Crippen LogP contribution in [-0.4, -0.2) is 18.0 Å². The van der Waals surface area contributed by atoms with Crippen molar-refractivity contribution in [3.05, 3.63) is 47.5 Å². The largest absolute Gasteiger partial charge is 0.353 e. The Hall–Kier alpha value is -1.61. The average molecular weight is 421 g/mol. The van der Waals surface area contributed by atoms with E-state index in [0.717, 1.165) is 43.9 Å². The second-order valence-electron chi connectivity index (χ2n) is 11.1. The van der Waals surface area contributed by atoms with Gasteiger partial charge in [-0.25, -0.2) is 0 Å². The van der Waals surface area contributed by atoms with Crippen LogP contribution in [0.2, 0.25) is 0 Å². The van der Waals surface area contributed by atoms with Gasteiger partial charge in [0.05, 0.1) is 0 Å². The van der Waals surface area contributed by atoms with Gasteiger partial charge >= 0.3 is 0 Å². The normalized spacial score (nSPS) is 36.9. The number of fused-ring (bicyclic) bond motifs is 2. The van der Waals surface area contributed by atoms with E-state index in [2.05, 4.69) is 41.7 Å². The molecule has 0 heterocycles. The molecule has 0 spiro atoms. The first kappa shape index (κ1) is 21.2. The lowest BCUT2D eigenvalue weighted by molar-refractivity contribution is -0.122. The van der Waals surface area contributed by atoms with Crippen LogP contribution in [0.15, 0.2) is 42.0 Å². The molecule has 1 amide bonds. The van der Waals surface area contributed by atoms with Gasteiger partial charge in [-0.05, 0) is 99.4 Å². The summed E-state index contributed by atoms with van der Waals surface area (Å²) in [5.74, 6) is 2.39. The molecule has 3 nitrogen and oxygen atoms in total. The number of hydrogen-bond acceptors (Lipinski definition) is 2. The quantitative estimate of drug-likeness (QED) is 0.585. The van der Waals surface area contributed by atoms with Gasteiger partial charge in [0.1, 0.15) is 0 Å². The maximum atomic E-state index is 12.8. The molecule has 1 aromatic rings. The lowest BCUT2D eigenvalue weighted by atomic mass is 9.54. The molecule has 3 unspecified atom stereocenters. The van der Waals surface area contributed by atoms with Crippen molar-refractivity contribution in [1.82, 2.24) is 5.32 Å². The van der Waals surface area contributed by atoms with Gasteiger partial charge in [0.25, 0.3) is 0 Å². The van der Waals surface area contributed by atoms with Gasteiger partial charge in [0.15, 0.2) is 0 Å². The van der Waals surface area contributed by atoms with E-state index in [1.54, 1.807) is 5.57 Å². The summed E-state index contributed by atoms with van der Waals surface area (Å²) >= 11 is 0. The number of nitrogens with two attached hydrogens (primary N) is 1. The van der Waals surface area contributed by atoms with E-state index in [-0.39, 0.29) is 5.91 Å². The van der Waals surface area contributed by atoms with E-state index in [4.69, 9.17) is 5.73 Å². The van der Waals surface area contributed by atoms with Crippen LogP contribution in [0.4, 0.5) is 0 Å². The Morgan fingerprint density at radius 1 is 1.03 bits per heavy atom.